The highest BCUT2D eigenvalue weighted by molar-refractivity contribution is 7.14. The third-order valence-corrected chi connectivity index (χ3v) is 5.01. The second kappa shape index (κ2) is 5.25. The highest BCUT2D eigenvalue weighted by Crippen LogP contribution is 2.32. The zero-order chi connectivity index (χ0) is 13.2. The van der Waals surface area contributed by atoms with Gasteiger partial charge in [-0.2, -0.15) is 0 Å². The minimum atomic E-state index is -0.139. The van der Waals surface area contributed by atoms with Crippen LogP contribution in [-0.4, -0.2) is 4.98 Å². The summed E-state index contributed by atoms with van der Waals surface area (Å²) in [5.74, 6) is 0. The van der Waals surface area contributed by atoms with Crippen LogP contribution in [0.2, 0.25) is 0 Å². The maximum Gasteiger partial charge on any atom is 0.115 e. The number of nitrogens with zero attached hydrogens (tertiary/aromatic N) is 1. The van der Waals surface area contributed by atoms with E-state index in [-0.39, 0.29) is 6.04 Å². The topological polar surface area (TPSA) is 38.9 Å². The third-order valence-electron chi connectivity index (χ3n) is 3.04. The van der Waals surface area contributed by atoms with Gasteiger partial charge in [-0.1, -0.05) is 30.3 Å². The highest BCUT2D eigenvalue weighted by atomic mass is 32.1. The van der Waals surface area contributed by atoms with Gasteiger partial charge in [-0.3, -0.25) is 0 Å². The van der Waals surface area contributed by atoms with Gasteiger partial charge in [0.05, 0.1) is 16.6 Å². The molecule has 0 spiro atoms. The fourth-order valence-electron chi connectivity index (χ4n) is 1.97. The maximum absolute atomic E-state index is 6.27. The molecule has 19 heavy (non-hydrogen) atoms. The van der Waals surface area contributed by atoms with Crippen LogP contribution in [0.3, 0.4) is 0 Å². The molecule has 0 saturated carbocycles. The molecule has 0 fully saturated rings. The van der Waals surface area contributed by atoms with Gasteiger partial charge in [0, 0.05) is 5.38 Å². The smallest absolute Gasteiger partial charge is 0.115 e. The zero-order valence-electron chi connectivity index (χ0n) is 10.5. The molecular weight excluding hydrogens is 272 g/mol. The van der Waals surface area contributed by atoms with E-state index in [1.807, 2.05) is 30.3 Å². The summed E-state index contributed by atoms with van der Waals surface area (Å²) in [4.78, 5) is 5.93. The van der Waals surface area contributed by atoms with E-state index in [1.165, 1.54) is 10.4 Å². The molecule has 2 aromatic heterocycles. The zero-order valence-corrected chi connectivity index (χ0v) is 12.2. The van der Waals surface area contributed by atoms with E-state index in [0.717, 1.165) is 16.3 Å². The van der Waals surface area contributed by atoms with Crippen molar-refractivity contribution >= 4 is 22.7 Å². The lowest BCUT2D eigenvalue weighted by Crippen LogP contribution is -2.11. The first kappa shape index (κ1) is 12.5. The van der Waals surface area contributed by atoms with Gasteiger partial charge < -0.3 is 5.73 Å². The summed E-state index contributed by atoms with van der Waals surface area (Å²) >= 11 is 3.36. The summed E-state index contributed by atoms with van der Waals surface area (Å²) in [5.41, 5.74) is 9.69. The van der Waals surface area contributed by atoms with Crippen molar-refractivity contribution in [2.75, 3.05) is 0 Å². The quantitative estimate of drug-likeness (QED) is 0.782. The Bertz CT molecular complexity index is 670. The average Bonchev–Trinajstić information content (AvgIpc) is 3.07. The van der Waals surface area contributed by atoms with Crippen molar-refractivity contribution in [1.82, 2.24) is 4.98 Å². The largest absolute Gasteiger partial charge is 0.318 e. The van der Waals surface area contributed by atoms with Gasteiger partial charge in [0.2, 0.25) is 0 Å². The molecule has 1 atom stereocenters. The first-order valence-corrected chi connectivity index (χ1v) is 7.82. The van der Waals surface area contributed by atoms with Gasteiger partial charge in [-0.05, 0) is 29.5 Å². The van der Waals surface area contributed by atoms with Crippen LogP contribution in [0.25, 0.3) is 10.6 Å². The summed E-state index contributed by atoms with van der Waals surface area (Å²) in [6.07, 6.45) is 0. The second-order valence-electron chi connectivity index (χ2n) is 4.39. The molecular formula is C15H14N2S2. The monoisotopic (exact) mass is 286 g/mol. The first-order valence-electron chi connectivity index (χ1n) is 6.06. The molecule has 3 rings (SSSR count). The first-order chi connectivity index (χ1) is 9.25. The Morgan fingerprint density at radius 2 is 1.89 bits per heavy atom. The molecule has 2 N–H and O–H groups in total. The molecule has 1 aromatic carbocycles. The predicted octanol–water partition coefficient (Wildman–Crippen LogP) is 4.23. The molecule has 3 aromatic rings. The Labute approximate surface area is 120 Å². The van der Waals surface area contributed by atoms with Crippen molar-refractivity contribution in [2.24, 2.45) is 5.73 Å². The van der Waals surface area contributed by atoms with Crippen LogP contribution in [0, 0.1) is 6.92 Å². The lowest BCUT2D eigenvalue weighted by Gasteiger charge is -2.07. The molecule has 4 heteroatoms. The van der Waals surface area contributed by atoms with Crippen molar-refractivity contribution in [2.45, 2.75) is 13.0 Å². The fraction of sp³-hybridized carbons (Fsp3) is 0.133. The number of benzene rings is 1. The number of thiophene rings is 1. The van der Waals surface area contributed by atoms with Crippen molar-refractivity contribution in [3.05, 3.63) is 63.3 Å². The Kier molecular flexibility index (Phi) is 3.46. The van der Waals surface area contributed by atoms with E-state index in [9.17, 15) is 0 Å². The third kappa shape index (κ3) is 2.47. The molecule has 1 unspecified atom stereocenters. The summed E-state index contributed by atoms with van der Waals surface area (Å²) in [5, 5.41) is 5.16. The van der Waals surface area contributed by atoms with Gasteiger partial charge in [0.25, 0.3) is 0 Å². The predicted molar refractivity (Wildman–Crippen MR) is 82.6 cm³/mol. The number of aromatic nitrogens is 1. The normalized spacial score (nSPS) is 12.5. The van der Waals surface area contributed by atoms with E-state index in [2.05, 4.69) is 23.8 Å². The standard InChI is InChI=1S/C15H14N2S2/c1-10-7-8-18-14(10)12-9-19-15(17-12)13(16)11-5-3-2-4-6-11/h2-9,13H,16H2,1H3. The van der Waals surface area contributed by atoms with Crippen LogP contribution in [0.5, 0.6) is 0 Å². The molecule has 0 radical (unpaired) electrons. The number of aryl methyl sites for hydroxylation is 1. The lowest BCUT2D eigenvalue weighted by atomic mass is 10.1. The molecule has 0 amide bonds. The minimum absolute atomic E-state index is 0.139. The van der Waals surface area contributed by atoms with Crippen LogP contribution < -0.4 is 5.73 Å². The highest BCUT2D eigenvalue weighted by Gasteiger charge is 2.14. The van der Waals surface area contributed by atoms with Crippen LogP contribution in [0.1, 0.15) is 22.2 Å². The Balaban J connectivity index is 1.92. The summed E-state index contributed by atoms with van der Waals surface area (Å²) in [7, 11) is 0. The summed E-state index contributed by atoms with van der Waals surface area (Å²) < 4.78 is 0. The molecule has 0 bridgehead atoms. The van der Waals surface area contributed by atoms with Crippen LogP contribution in [-0.2, 0) is 0 Å². The number of rotatable bonds is 3. The lowest BCUT2D eigenvalue weighted by molar-refractivity contribution is 0.859. The number of hydrogen-bond acceptors (Lipinski definition) is 4. The Morgan fingerprint density at radius 1 is 1.11 bits per heavy atom. The van der Waals surface area contributed by atoms with Crippen molar-refractivity contribution < 1.29 is 0 Å². The average molecular weight is 286 g/mol. The van der Waals surface area contributed by atoms with Crippen LogP contribution >= 0.6 is 22.7 Å². The summed E-state index contributed by atoms with van der Waals surface area (Å²) in [6, 6.07) is 12.1. The maximum atomic E-state index is 6.27. The molecule has 2 heterocycles. The van der Waals surface area contributed by atoms with Crippen molar-refractivity contribution in [1.29, 1.82) is 0 Å². The number of hydrogen-bond donors (Lipinski definition) is 1. The van der Waals surface area contributed by atoms with Crippen LogP contribution in [0.15, 0.2) is 47.2 Å². The SMILES string of the molecule is Cc1ccsc1-c1csc(C(N)c2ccccc2)n1. The van der Waals surface area contributed by atoms with E-state index >= 15 is 0 Å². The molecule has 0 aliphatic rings. The fourth-order valence-corrected chi connectivity index (χ4v) is 3.77. The molecule has 96 valence electrons. The van der Waals surface area contributed by atoms with Gasteiger partial charge in [-0.15, -0.1) is 22.7 Å². The Morgan fingerprint density at radius 3 is 2.58 bits per heavy atom. The molecule has 0 aliphatic heterocycles. The van der Waals surface area contributed by atoms with E-state index in [0.29, 0.717) is 0 Å². The molecule has 0 aliphatic carbocycles. The van der Waals surface area contributed by atoms with E-state index in [4.69, 9.17) is 10.7 Å². The van der Waals surface area contributed by atoms with Gasteiger partial charge >= 0.3 is 0 Å². The number of thiazole rings is 1. The minimum Gasteiger partial charge on any atom is -0.318 e. The van der Waals surface area contributed by atoms with Gasteiger partial charge in [-0.25, -0.2) is 4.98 Å². The van der Waals surface area contributed by atoms with Crippen molar-refractivity contribution in [3.8, 4) is 10.6 Å². The van der Waals surface area contributed by atoms with E-state index < -0.39 is 0 Å². The van der Waals surface area contributed by atoms with Crippen LogP contribution in [0.4, 0.5) is 0 Å². The van der Waals surface area contributed by atoms with Gasteiger partial charge in [0.1, 0.15) is 5.01 Å². The second-order valence-corrected chi connectivity index (χ2v) is 6.20. The molecule has 0 saturated heterocycles. The van der Waals surface area contributed by atoms with Gasteiger partial charge in [0.15, 0.2) is 0 Å². The van der Waals surface area contributed by atoms with E-state index in [1.54, 1.807) is 22.7 Å². The Hall–Kier alpha value is -1.49. The number of nitrogens with two attached hydrogens (primary N) is 1. The summed E-state index contributed by atoms with van der Waals surface area (Å²) in [6.45, 7) is 2.11. The van der Waals surface area contributed by atoms with Crippen molar-refractivity contribution in [3.63, 3.8) is 0 Å². The molecule has 2 nitrogen and oxygen atoms in total.